The second-order valence-corrected chi connectivity index (χ2v) is 10.3. The molecule has 4 saturated carbocycles. The summed E-state index contributed by atoms with van der Waals surface area (Å²) < 4.78 is 1.48. The van der Waals surface area contributed by atoms with Gasteiger partial charge < -0.3 is 5.32 Å². The maximum absolute atomic E-state index is 13.4. The normalized spacial score (nSPS) is 30.5. The molecular formula is C25H33N3O2. The first-order valence-corrected chi connectivity index (χ1v) is 11.8. The van der Waals surface area contributed by atoms with Crippen molar-refractivity contribution >= 4 is 16.7 Å². The molecule has 1 aromatic carbocycles. The van der Waals surface area contributed by atoms with Gasteiger partial charge >= 0.3 is 0 Å². The van der Waals surface area contributed by atoms with Crippen LogP contribution in [0.2, 0.25) is 0 Å². The second-order valence-electron chi connectivity index (χ2n) is 10.3. The molecule has 1 heterocycles. The van der Waals surface area contributed by atoms with Crippen LogP contribution in [0.1, 0.15) is 75.7 Å². The highest BCUT2D eigenvalue weighted by Gasteiger charge is 2.53. The van der Waals surface area contributed by atoms with Gasteiger partial charge in [0.05, 0.1) is 5.39 Å². The van der Waals surface area contributed by atoms with Gasteiger partial charge in [-0.15, -0.1) is 0 Å². The van der Waals surface area contributed by atoms with Crippen molar-refractivity contribution in [2.24, 2.45) is 23.2 Å². The monoisotopic (exact) mass is 407 g/mol. The summed E-state index contributed by atoms with van der Waals surface area (Å²) in [5.74, 6) is 2.42. The number of unbranched alkanes of at least 4 members (excludes halogenated alkanes) is 1. The highest BCUT2D eigenvalue weighted by atomic mass is 16.2. The Morgan fingerprint density at radius 2 is 1.73 bits per heavy atom. The molecule has 6 rings (SSSR count). The van der Waals surface area contributed by atoms with Crippen molar-refractivity contribution in [2.75, 3.05) is 0 Å². The number of aryl methyl sites for hydroxylation is 1. The lowest BCUT2D eigenvalue weighted by Crippen LogP contribution is -2.56. The van der Waals surface area contributed by atoms with Gasteiger partial charge in [0.15, 0.2) is 5.69 Å². The lowest BCUT2D eigenvalue weighted by atomic mass is 9.48. The number of fused-ring (bicyclic) bond motifs is 1. The SMILES string of the molecule is CCCCn1nc(C(=O)N[C@@H](C)C23CC4CC(CC(C4)C2)C3)c2ccccc2c1=O. The predicted octanol–water partition coefficient (Wildman–Crippen LogP) is 4.53. The summed E-state index contributed by atoms with van der Waals surface area (Å²) in [6, 6.07) is 7.52. The van der Waals surface area contributed by atoms with Gasteiger partial charge in [0, 0.05) is 18.0 Å². The smallest absolute Gasteiger partial charge is 0.274 e. The maximum Gasteiger partial charge on any atom is 0.274 e. The van der Waals surface area contributed by atoms with E-state index in [1.165, 1.54) is 43.2 Å². The third-order valence-electron chi connectivity index (χ3n) is 8.16. The minimum atomic E-state index is -0.139. The van der Waals surface area contributed by atoms with Gasteiger partial charge in [0.2, 0.25) is 0 Å². The Hall–Kier alpha value is -2.17. The Kier molecular flexibility index (Phi) is 4.95. The van der Waals surface area contributed by atoms with Gasteiger partial charge in [-0.05, 0) is 81.1 Å². The van der Waals surface area contributed by atoms with Crippen molar-refractivity contribution in [3.8, 4) is 0 Å². The van der Waals surface area contributed by atoms with Crippen molar-refractivity contribution < 1.29 is 4.79 Å². The molecule has 1 aromatic heterocycles. The number of rotatable bonds is 6. The van der Waals surface area contributed by atoms with Gasteiger partial charge in [0.1, 0.15) is 0 Å². The van der Waals surface area contributed by atoms with E-state index in [1.807, 2.05) is 18.2 Å². The van der Waals surface area contributed by atoms with Gasteiger partial charge in [-0.25, -0.2) is 4.68 Å². The summed E-state index contributed by atoms with van der Waals surface area (Å²) in [4.78, 5) is 26.2. The maximum atomic E-state index is 13.4. The summed E-state index contributed by atoms with van der Waals surface area (Å²) in [6.07, 6.45) is 9.80. The van der Waals surface area contributed by atoms with Crippen LogP contribution < -0.4 is 10.9 Å². The van der Waals surface area contributed by atoms with Crippen LogP contribution in [0.4, 0.5) is 0 Å². The number of hydrogen-bond acceptors (Lipinski definition) is 3. The molecule has 5 nitrogen and oxygen atoms in total. The van der Waals surface area contributed by atoms with Crippen molar-refractivity contribution in [2.45, 2.75) is 77.8 Å². The molecule has 2 aromatic rings. The lowest BCUT2D eigenvalue weighted by Gasteiger charge is -2.59. The van der Waals surface area contributed by atoms with Crippen molar-refractivity contribution in [1.29, 1.82) is 0 Å². The molecule has 0 radical (unpaired) electrons. The predicted molar refractivity (Wildman–Crippen MR) is 118 cm³/mol. The fourth-order valence-electron chi connectivity index (χ4n) is 6.99. The van der Waals surface area contributed by atoms with E-state index >= 15 is 0 Å². The van der Waals surface area contributed by atoms with E-state index in [2.05, 4.69) is 24.3 Å². The molecule has 1 N–H and O–H groups in total. The molecular weight excluding hydrogens is 374 g/mol. The standard InChI is InChI=1S/C25H33N3O2/c1-3-4-9-28-24(30)21-8-6-5-7-20(21)22(27-28)23(29)26-16(2)25-13-17-10-18(14-25)12-19(11-17)15-25/h5-8,16-19H,3-4,9-15H2,1-2H3,(H,26,29)/t16-,17?,18?,19?,25?/m0/s1. The van der Waals surface area contributed by atoms with Gasteiger partial charge in [-0.2, -0.15) is 5.10 Å². The highest BCUT2D eigenvalue weighted by Crippen LogP contribution is 2.61. The number of amides is 1. The van der Waals surface area contributed by atoms with E-state index in [1.54, 1.807) is 6.07 Å². The average Bonchev–Trinajstić information content (AvgIpc) is 2.72. The number of nitrogens with one attached hydrogen (secondary N) is 1. The van der Waals surface area contributed by atoms with E-state index in [4.69, 9.17) is 0 Å². The molecule has 5 heteroatoms. The molecule has 0 saturated heterocycles. The molecule has 0 aliphatic heterocycles. The number of nitrogens with zero attached hydrogens (tertiary/aromatic N) is 2. The van der Waals surface area contributed by atoms with Gasteiger partial charge in [-0.3, -0.25) is 9.59 Å². The molecule has 0 unspecified atom stereocenters. The third kappa shape index (κ3) is 3.27. The van der Waals surface area contributed by atoms with Gasteiger partial charge in [0.25, 0.3) is 11.5 Å². The Bertz CT molecular complexity index is 989. The molecule has 1 amide bonds. The molecule has 4 aliphatic carbocycles. The largest absolute Gasteiger partial charge is 0.348 e. The molecule has 1 atom stereocenters. The Morgan fingerprint density at radius 3 is 2.33 bits per heavy atom. The molecule has 4 aliphatic rings. The van der Waals surface area contributed by atoms with E-state index in [0.717, 1.165) is 30.6 Å². The number of aromatic nitrogens is 2. The van der Waals surface area contributed by atoms with Crippen LogP contribution >= 0.6 is 0 Å². The Balaban J connectivity index is 1.45. The summed E-state index contributed by atoms with van der Waals surface area (Å²) in [5, 5.41) is 9.10. The molecule has 0 spiro atoms. The Morgan fingerprint density at radius 1 is 1.13 bits per heavy atom. The summed E-state index contributed by atoms with van der Waals surface area (Å²) >= 11 is 0. The zero-order valence-corrected chi connectivity index (χ0v) is 18.2. The minimum absolute atomic E-state index is 0.107. The molecule has 30 heavy (non-hydrogen) atoms. The topological polar surface area (TPSA) is 64.0 Å². The number of hydrogen-bond donors (Lipinski definition) is 1. The third-order valence-corrected chi connectivity index (χ3v) is 8.16. The molecule has 160 valence electrons. The van der Waals surface area contributed by atoms with E-state index in [0.29, 0.717) is 23.0 Å². The first kappa shape index (κ1) is 19.8. The first-order valence-electron chi connectivity index (χ1n) is 11.8. The fraction of sp³-hybridized carbons (Fsp3) is 0.640. The Labute approximate surface area is 178 Å². The van der Waals surface area contributed by atoms with Crippen LogP contribution in [0.15, 0.2) is 29.1 Å². The first-order chi connectivity index (χ1) is 14.5. The van der Waals surface area contributed by atoms with E-state index < -0.39 is 0 Å². The van der Waals surface area contributed by atoms with Crippen LogP contribution in [-0.2, 0) is 6.54 Å². The zero-order valence-electron chi connectivity index (χ0n) is 18.2. The number of carbonyl (C=O) groups is 1. The van der Waals surface area contributed by atoms with Gasteiger partial charge in [-0.1, -0.05) is 31.5 Å². The molecule has 4 bridgehead atoms. The quantitative estimate of drug-likeness (QED) is 0.765. The minimum Gasteiger partial charge on any atom is -0.348 e. The summed E-state index contributed by atoms with van der Waals surface area (Å²) in [5.41, 5.74) is 0.527. The van der Waals surface area contributed by atoms with Crippen LogP contribution in [0.3, 0.4) is 0 Å². The van der Waals surface area contributed by atoms with Crippen molar-refractivity contribution in [3.63, 3.8) is 0 Å². The van der Waals surface area contributed by atoms with Crippen LogP contribution in [0.25, 0.3) is 10.8 Å². The number of benzene rings is 1. The average molecular weight is 408 g/mol. The van der Waals surface area contributed by atoms with E-state index in [-0.39, 0.29) is 22.9 Å². The fourth-order valence-corrected chi connectivity index (χ4v) is 6.99. The van der Waals surface area contributed by atoms with E-state index in [9.17, 15) is 9.59 Å². The van der Waals surface area contributed by atoms with Crippen molar-refractivity contribution in [3.05, 3.63) is 40.3 Å². The van der Waals surface area contributed by atoms with Crippen LogP contribution in [0, 0.1) is 23.2 Å². The van der Waals surface area contributed by atoms with Crippen molar-refractivity contribution in [1.82, 2.24) is 15.1 Å². The zero-order chi connectivity index (χ0) is 20.9. The van der Waals surface area contributed by atoms with Crippen LogP contribution in [0.5, 0.6) is 0 Å². The van der Waals surface area contributed by atoms with Crippen LogP contribution in [-0.4, -0.2) is 21.7 Å². The number of carbonyl (C=O) groups excluding carboxylic acids is 1. The second kappa shape index (κ2) is 7.51. The lowest BCUT2D eigenvalue weighted by molar-refractivity contribution is -0.0688. The highest BCUT2D eigenvalue weighted by molar-refractivity contribution is 6.04. The summed E-state index contributed by atoms with van der Waals surface area (Å²) in [7, 11) is 0. The molecule has 4 fully saturated rings. The summed E-state index contributed by atoms with van der Waals surface area (Å²) in [6.45, 7) is 4.83.